The Labute approximate surface area is 105 Å². The van der Waals surface area contributed by atoms with E-state index in [1.54, 1.807) is 13.0 Å². The van der Waals surface area contributed by atoms with Crippen LogP contribution in [0.1, 0.15) is 28.7 Å². The SMILES string of the molecule is CCOC(=O)c1cc(C=Cc2ccccc2)n[nH]1. The molecule has 1 N–H and O–H groups in total. The van der Waals surface area contributed by atoms with Crippen molar-refractivity contribution in [3.8, 4) is 0 Å². The molecule has 0 bridgehead atoms. The largest absolute Gasteiger partial charge is 0.461 e. The van der Waals surface area contributed by atoms with Crippen LogP contribution in [0.4, 0.5) is 0 Å². The zero-order valence-corrected chi connectivity index (χ0v) is 10.1. The van der Waals surface area contributed by atoms with E-state index in [0.29, 0.717) is 18.0 Å². The summed E-state index contributed by atoms with van der Waals surface area (Å²) >= 11 is 0. The fraction of sp³-hybridized carbons (Fsp3) is 0.143. The number of H-pyrrole nitrogens is 1. The number of aromatic amines is 1. The Morgan fingerprint density at radius 3 is 2.83 bits per heavy atom. The van der Waals surface area contributed by atoms with Gasteiger partial charge in [-0.15, -0.1) is 0 Å². The fourth-order valence-corrected chi connectivity index (χ4v) is 1.48. The van der Waals surface area contributed by atoms with Crippen LogP contribution in [0, 0.1) is 0 Å². The van der Waals surface area contributed by atoms with E-state index in [1.807, 2.05) is 42.5 Å². The number of benzene rings is 1. The van der Waals surface area contributed by atoms with Gasteiger partial charge < -0.3 is 4.74 Å². The van der Waals surface area contributed by atoms with Crippen LogP contribution in [0.5, 0.6) is 0 Å². The van der Waals surface area contributed by atoms with E-state index in [2.05, 4.69) is 10.2 Å². The second-order valence-corrected chi connectivity index (χ2v) is 3.67. The average Bonchev–Trinajstić information content (AvgIpc) is 2.87. The van der Waals surface area contributed by atoms with Crippen molar-refractivity contribution in [3.63, 3.8) is 0 Å². The van der Waals surface area contributed by atoms with Gasteiger partial charge in [0.2, 0.25) is 0 Å². The van der Waals surface area contributed by atoms with E-state index in [-0.39, 0.29) is 5.97 Å². The van der Waals surface area contributed by atoms with Gasteiger partial charge in [0, 0.05) is 0 Å². The van der Waals surface area contributed by atoms with Crippen LogP contribution in [0.15, 0.2) is 36.4 Å². The quantitative estimate of drug-likeness (QED) is 0.839. The van der Waals surface area contributed by atoms with Gasteiger partial charge in [-0.2, -0.15) is 5.10 Å². The highest BCUT2D eigenvalue weighted by Gasteiger charge is 2.08. The van der Waals surface area contributed by atoms with Crippen LogP contribution in [-0.2, 0) is 4.74 Å². The predicted molar refractivity (Wildman–Crippen MR) is 69.9 cm³/mol. The third-order valence-electron chi connectivity index (χ3n) is 2.34. The lowest BCUT2D eigenvalue weighted by atomic mass is 10.2. The molecule has 0 aliphatic carbocycles. The topological polar surface area (TPSA) is 55.0 Å². The summed E-state index contributed by atoms with van der Waals surface area (Å²) < 4.78 is 4.87. The van der Waals surface area contributed by atoms with Crippen LogP contribution in [0.3, 0.4) is 0 Å². The zero-order chi connectivity index (χ0) is 12.8. The zero-order valence-electron chi connectivity index (χ0n) is 10.1. The fourth-order valence-electron chi connectivity index (χ4n) is 1.48. The molecule has 0 radical (unpaired) electrons. The summed E-state index contributed by atoms with van der Waals surface area (Å²) in [5.74, 6) is -0.385. The number of rotatable bonds is 4. The molecule has 92 valence electrons. The second-order valence-electron chi connectivity index (χ2n) is 3.67. The van der Waals surface area contributed by atoms with E-state index >= 15 is 0 Å². The van der Waals surface area contributed by atoms with Gasteiger partial charge in [-0.05, 0) is 24.6 Å². The Bertz CT molecular complexity index is 544. The van der Waals surface area contributed by atoms with Crippen LogP contribution < -0.4 is 0 Å². The summed E-state index contributed by atoms with van der Waals surface area (Å²) in [5.41, 5.74) is 2.14. The molecule has 2 aromatic rings. The second kappa shape index (κ2) is 5.82. The van der Waals surface area contributed by atoms with Gasteiger partial charge >= 0.3 is 5.97 Å². The molecule has 0 atom stereocenters. The van der Waals surface area contributed by atoms with E-state index in [4.69, 9.17) is 4.74 Å². The number of esters is 1. The third kappa shape index (κ3) is 3.07. The molecule has 0 spiro atoms. The highest BCUT2D eigenvalue weighted by atomic mass is 16.5. The number of carbonyl (C=O) groups is 1. The molecule has 0 saturated heterocycles. The Morgan fingerprint density at radius 2 is 2.11 bits per heavy atom. The van der Waals surface area contributed by atoms with Gasteiger partial charge in [0.05, 0.1) is 12.3 Å². The summed E-state index contributed by atoms with van der Waals surface area (Å²) in [6.45, 7) is 2.12. The molecule has 4 nitrogen and oxygen atoms in total. The molecule has 0 amide bonds. The number of nitrogens with one attached hydrogen (secondary N) is 1. The van der Waals surface area contributed by atoms with Crippen molar-refractivity contribution in [3.05, 3.63) is 53.3 Å². The number of carbonyl (C=O) groups excluding carboxylic acids is 1. The maximum Gasteiger partial charge on any atom is 0.356 e. The standard InChI is InChI=1S/C14H14N2O2/c1-2-18-14(17)13-10-12(15-16-13)9-8-11-6-4-3-5-7-11/h3-10H,2H2,1H3,(H,15,16). The molecule has 1 aromatic carbocycles. The summed E-state index contributed by atoms with van der Waals surface area (Å²) in [5, 5.41) is 6.67. The number of hydrogen-bond acceptors (Lipinski definition) is 3. The van der Waals surface area contributed by atoms with Crippen molar-refractivity contribution >= 4 is 18.1 Å². The lowest BCUT2D eigenvalue weighted by molar-refractivity contribution is 0.0519. The summed E-state index contributed by atoms with van der Waals surface area (Å²) in [7, 11) is 0. The van der Waals surface area contributed by atoms with Crippen molar-refractivity contribution in [2.75, 3.05) is 6.61 Å². The van der Waals surface area contributed by atoms with Crippen LogP contribution in [0.25, 0.3) is 12.2 Å². The molecule has 0 fully saturated rings. The van der Waals surface area contributed by atoms with Gasteiger partial charge in [0.1, 0.15) is 5.69 Å². The number of aromatic nitrogens is 2. The minimum Gasteiger partial charge on any atom is -0.461 e. The van der Waals surface area contributed by atoms with E-state index < -0.39 is 0 Å². The van der Waals surface area contributed by atoms with Gasteiger partial charge in [0.15, 0.2) is 0 Å². The molecule has 4 heteroatoms. The Morgan fingerprint density at radius 1 is 1.33 bits per heavy atom. The minimum absolute atomic E-state index is 0.354. The molecule has 1 aromatic heterocycles. The number of hydrogen-bond donors (Lipinski definition) is 1. The monoisotopic (exact) mass is 242 g/mol. The summed E-state index contributed by atoms with van der Waals surface area (Å²) in [6, 6.07) is 11.6. The molecule has 0 unspecified atom stereocenters. The van der Waals surface area contributed by atoms with Gasteiger partial charge in [-0.3, -0.25) is 5.10 Å². The Kier molecular flexibility index (Phi) is 3.91. The van der Waals surface area contributed by atoms with Crippen LogP contribution >= 0.6 is 0 Å². The Hall–Kier alpha value is -2.36. The van der Waals surface area contributed by atoms with E-state index in [9.17, 15) is 4.79 Å². The third-order valence-corrected chi connectivity index (χ3v) is 2.34. The summed E-state index contributed by atoms with van der Waals surface area (Å²) in [4.78, 5) is 11.4. The van der Waals surface area contributed by atoms with E-state index in [0.717, 1.165) is 5.56 Å². The number of nitrogens with zero attached hydrogens (tertiary/aromatic N) is 1. The molecule has 0 aliphatic heterocycles. The first-order valence-electron chi connectivity index (χ1n) is 5.75. The first kappa shape index (κ1) is 12.1. The van der Waals surface area contributed by atoms with Gasteiger partial charge in [0.25, 0.3) is 0 Å². The molecular weight excluding hydrogens is 228 g/mol. The smallest absolute Gasteiger partial charge is 0.356 e. The molecular formula is C14H14N2O2. The van der Waals surface area contributed by atoms with Crippen molar-refractivity contribution < 1.29 is 9.53 Å². The van der Waals surface area contributed by atoms with Gasteiger partial charge in [-0.25, -0.2) is 4.79 Å². The highest BCUT2D eigenvalue weighted by Crippen LogP contribution is 2.07. The molecule has 2 rings (SSSR count). The van der Waals surface area contributed by atoms with Crippen molar-refractivity contribution in [1.82, 2.24) is 10.2 Å². The minimum atomic E-state index is -0.385. The highest BCUT2D eigenvalue weighted by molar-refractivity contribution is 5.88. The maximum atomic E-state index is 11.4. The predicted octanol–water partition coefficient (Wildman–Crippen LogP) is 2.76. The first-order chi connectivity index (χ1) is 8.79. The lowest BCUT2D eigenvalue weighted by Crippen LogP contribution is -2.04. The van der Waals surface area contributed by atoms with E-state index in [1.165, 1.54) is 0 Å². The molecule has 1 heterocycles. The first-order valence-corrected chi connectivity index (χ1v) is 5.75. The van der Waals surface area contributed by atoms with Crippen molar-refractivity contribution in [1.29, 1.82) is 0 Å². The normalized spacial score (nSPS) is 10.7. The number of ether oxygens (including phenoxy) is 1. The van der Waals surface area contributed by atoms with Crippen molar-refractivity contribution in [2.45, 2.75) is 6.92 Å². The average molecular weight is 242 g/mol. The summed E-state index contributed by atoms with van der Waals surface area (Å²) in [6.07, 6.45) is 3.78. The van der Waals surface area contributed by atoms with Crippen LogP contribution in [-0.4, -0.2) is 22.8 Å². The molecule has 0 saturated carbocycles. The van der Waals surface area contributed by atoms with Crippen molar-refractivity contribution in [2.24, 2.45) is 0 Å². The lowest BCUT2D eigenvalue weighted by Gasteiger charge is -1.95. The molecule has 18 heavy (non-hydrogen) atoms. The van der Waals surface area contributed by atoms with Gasteiger partial charge in [-0.1, -0.05) is 36.4 Å². The van der Waals surface area contributed by atoms with Crippen LogP contribution in [0.2, 0.25) is 0 Å². The Balaban J connectivity index is 2.07. The maximum absolute atomic E-state index is 11.4. The molecule has 0 aliphatic rings.